The van der Waals surface area contributed by atoms with E-state index in [0.717, 1.165) is 58.6 Å². The highest BCUT2D eigenvalue weighted by Crippen LogP contribution is 2.33. The SMILES string of the molecule is CN1CCn2ncc(-c3cnc4[nH]cc(-c5ccc6nccn6c5)c4c3)c2C1. The Hall–Kier alpha value is -3.45. The maximum absolute atomic E-state index is 4.68. The van der Waals surface area contributed by atoms with E-state index >= 15 is 0 Å². The van der Waals surface area contributed by atoms with Crippen LogP contribution in [0.4, 0.5) is 0 Å². The van der Waals surface area contributed by atoms with Gasteiger partial charge in [-0.1, -0.05) is 0 Å². The Bertz CT molecular complexity index is 1320. The molecular formula is C21H19N7. The van der Waals surface area contributed by atoms with Gasteiger partial charge in [-0.15, -0.1) is 0 Å². The molecule has 6 rings (SSSR count). The largest absolute Gasteiger partial charge is 0.346 e. The van der Waals surface area contributed by atoms with Crippen molar-refractivity contribution in [2.75, 3.05) is 13.6 Å². The van der Waals surface area contributed by atoms with Gasteiger partial charge in [-0.2, -0.15) is 5.10 Å². The van der Waals surface area contributed by atoms with E-state index < -0.39 is 0 Å². The van der Waals surface area contributed by atoms with Crippen LogP contribution >= 0.6 is 0 Å². The fraction of sp³-hybridized carbons (Fsp3) is 0.190. The molecule has 7 heteroatoms. The summed E-state index contributed by atoms with van der Waals surface area (Å²) in [5.74, 6) is 0. The molecule has 0 spiro atoms. The van der Waals surface area contributed by atoms with Crippen molar-refractivity contribution in [1.29, 1.82) is 0 Å². The molecule has 1 aliphatic rings. The zero-order chi connectivity index (χ0) is 18.7. The Morgan fingerprint density at radius 1 is 1.04 bits per heavy atom. The lowest BCUT2D eigenvalue weighted by Crippen LogP contribution is -2.30. The number of pyridine rings is 2. The van der Waals surface area contributed by atoms with Crippen LogP contribution in [0.25, 0.3) is 38.9 Å². The summed E-state index contributed by atoms with van der Waals surface area (Å²) in [6.07, 6.45) is 11.8. The molecule has 0 radical (unpaired) electrons. The zero-order valence-electron chi connectivity index (χ0n) is 15.5. The van der Waals surface area contributed by atoms with Crippen LogP contribution in [0.3, 0.4) is 0 Å². The van der Waals surface area contributed by atoms with E-state index in [0.29, 0.717) is 0 Å². The van der Waals surface area contributed by atoms with Crippen molar-refractivity contribution in [3.63, 3.8) is 0 Å². The number of imidazole rings is 1. The second kappa shape index (κ2) is 5.77. The number of aromatic amines is 1. The number of nitrogens with zero attached hydrogens (tertiary/aromatic N) is 6. The van der Waals surface area contributed by atoms with Crippen molar-refractivity contribution < 1.29 is 0 Å². The summed E-state index contributed by atoms with van der Waals surface area (Å²) in [4.78, 5) is 14.6. The van der Waals surface area contributed by atoms with Crippen LogP contribution in [0.5, 0.6) is 0 Å². The smallest absolute Gasteiger partial charge is 0.137 e. The number of aromatic nitrogens is 6. The minimum Gasteiger partial charge on any atom is -0.346 e. The van der Waals surface area contributed by atoms with Crippen LogP contribution in [0.15, 0.2) is 55.4 Å². The van der Waals surface area contributed by atoms with Gasteiger partial charge in [0.15, 0.2) is 0 Å². The number of nitrogens with one attached hydrogen (secondary N) is 1. The third-order valence-electron chi connectivity index (χ3n) is 5.60. The normalized spacial score (nSPS) is 14.8. The van der Waals surface area contributed by atoms with Gasteiger partial charge >= 0.3 is 0 Å². The van der Waals surface area contributed by atoms with Gasteiger partial charge in [-0.05, 0) is 25.2 Å². The van der Waals surface area contributed by atoms with Gasteiger partial charge in [0, 0.05) is 71.7 Å². The van der Waals surface area contributed by atoms with Crippen molar-refractivity contribution in [3.8, 4) is 22.3 Å². The highest BCUT2D eigenvalue weighted by molar-refractivity contribution is 5.95. The molecule has 0 unspecified atom stereocenters. The zero-order valence-corrected chi connectivity index (χ0v) is 15.5. The minimum absolute atomic E-state index is 0.891. The lowest BCUT2D eigenvalue weighted by molar-refractivity contribution is 0.259. The Balaban J connectivity index is 1.50. The van der Waals surface area contributed by atoms with Gasteiger partial charge in [0.25, 0.3) is 0 Å². The van der Waals surface area contributed by atoms with Gasteiger partial charge in [0.05, 0.1) is 18.4 Å². The van der Waals surface area contributed by atoms with Crippen LogP contribution in [0.2, 0.25) is 0 Å². The lowest BCUT2D eigenvalue weighted by atomic mass is 10.0. The van der Waals surface area contributed by atoms with Crippen molar-refractivity contribution in [2.45, 2.75) is 13.1 Å². The van der Waals surface area contributed by atoms with Gasteiger partial charge in [0.2, 0.25) is 0 Å². The molecule has 0 saturated heterocycles. The molecule has 0 aromatic carbocycles. The first-order valence-corrected chi connectivity index (χ1v) is 9.40. The predicted molar refractivity (Wildman–Crippen MR) is 108 cm³/mol. The van der Waals surface area contributed by atoms with Crippen molar-refractivity contribution >= 4 is 16.7 Å². The van der Waals surface area contributed by atoms with Crippen LogP contribution in [0, 0.1) is 0 Å². The summed E-state index contributed by atoms with van der Waals surface area (Å²) in [5.41, 5.74) is 7.63. The van der Waals surface area contributed by atoms with Crippen LogP contribution in [-0.2, 0) is 13.1 Å². The number of fused-ring (bicyclic) bond motifs is 3. The maximum atomic E-state index is 4.68. The second-order valence-corrected chi connectivity index (χ2v) is 7.40. The fourth-order valence-corrected chi connectivity index (χ4v) is 4.08. The Labute approximate surface area is 161 Å². The summed E-state index contributed by atoms with van der Waals surface area (Å²) in [5, 5.41) is 5.70. The molecule has 0 amide bonds. The van der Waals surface area contributed by atoms with Crippen LogP contribution in [-0.4, -0.2) is 47.6 Å². The molecule has 0 atom stereocenters. The minimum atomic E-state index is 0.891. The number of H-pyrrole nitrogens is 1. The molecule has 6 heterocycles. The Kier molecular flexibility index (Phi) is 3.21. The molecule has 0 fully saturated rings. The lowest BCUT2D eigenvalue weighted by Gasteiger charge is -2.24. The van der Waals surface area contributed by atoms with Crippen LogP contribution in [0.1, 0.15) is 5.69 Å². The Morgan fingerprint density at radius 3 is 2.96 bits per heavy atom. The summed E-state index contributed by atoms with van der Waals surface area (Å²) in [6.45, 7) is 2.87. The Morgan fingerprint density at radius 2 is 2.00 bits per heavy atom. The van der Waals surface area contributed by atoms with Gasteiger partial charge in [-0.3, -0.25) is 9.58 Å². The molecular weight excluding hydrogens is 350 g/mol. The predicted octanol–water partition coefficient (Wildman–Crippen LogP) is 3.19. The first-order valence-electron chi connectivity index (χ1n) is 9.40. The van der Waals surface area contributed by atoms with Crippen molar-refractivity contribution in [1.82, 2.24) is 34.0 Å². The van der Waals surface area contributed by atoms with Crippen LogP contribution < -0.4 is 0 Å². The summed E-state index contributed by atoms with van der Waals surface area (Å²) >= 11 is 0. The van der Waals surface area contributed by atoms with E-state index in [9.17, 15) is 0 Å². The van der Waals surface area contributed by atoms with E-state index in [1.54, 1.807) is 0 Å². The highest BCUT2D eigenvalue weighted by Gasteiger charge is 2.20. The molecule has 0 aliphatic carbocycles. The van der Waals surface area contributed by atoms with Gasteiger partial charge in [0.1, 0.15) is 11.3 Å². The van der Waals surface area contributed by atoms with E-state index in [1.165, 1.54) is 5.69 Å². The highest BCUT2D eigenvalue weighted by atomic mass is 15.3. The molecule has 138 valence electrons. The van der Waals surface area contributed by atoms with Crippen molar-refractivity contribution in [3.05, 3.63) is 61.1 Å². The van der Waals surface area contributed by atoms with Gasteiger partial charge < -0.3 is 9.38 Å². The summed E-state index contributed by atoms with van der Waals surface area (Å²) in [7, 11) is 2.15. The number of hydrogen-bond acceptors (Lipinski definition) is 4. The molecule has 0 bridgehead atoms. The summed E-state index contributed by atoms with van der Waals surface area (Å²) < 4.78 is 4.15. The third-order valence-corrected chi connectivity index (χ3v) is 5.60. The van der Waals surface area contributed by atoms with E-state index in [-0.39, 0.29) is 0 Å². The van der Waals surface area contributed by atoms with E-state index in [4.69, 9.17) is 0 Å². The van der Waals surface area contributed by atoms with E-state index in [1.807, 2.05) is 41.5 Å². The average Bonchev–Trinajstić information content (AvgIpc) is 3.44. The van der Waals surface area contributed by atoms with Gasteiger partial charge in [-0.25, -0.2) is 9.97 Å². The molecule has 5 aromatic rings. The molecule has 1 aliphatic heterocycles. The maximum Gasteiger partial charge on any atom is 0.137 e. The first kappa shape index (κ1) is 15.6. The first-order chi connectivity index (χ1) is 13.8. The standard InChI is InChI=1S/C21H19N7/c1-26-6-7-28-19(13-26)18(11-25-28)15-8-16-17(10-24-21(16)23-9-15)14-2-3-20-22-4-5-27(20)12-14/h2-5,8-12H,6-7,13H2,1H3,(H,23,24). The monoisotopic (exact) mass is 369 g/mol. The molecule has 28 heavy (non-hydrogen) atoms. The third kappa shape index (κ3) is 2.30. The molecule has 5 aromatic heterocycles. The fourth-order valence-electron chi connectivity index (χ4n) is 4.08. The molecule has 1 N–H and O–H groups in total. The molecule has 7 nitrogen and oxygen atoms in total. The number of likely N-dealkylation sites (N-methyl/N-ethyl adjacent to an activating group) is 1. The van der Waals surface area contributed by atoms with Crippen molar-refractivity contribution in [2.24, 2.45) is 0 Å². The van der Waals surface area contributed by atoms with E-state index in [2.05, 4.69) is 55.0 Å². The summed E-state index contributed by atoms with van der Waals surface area (Å²) in [6, 6.07) is 6.36. The number of hydrogen-bond donors (Lipinski definition) is 1. The second-order valence-electron chi connectivity index (χ2n) is 7.40. The molecule has 0 saturated carbocycles. The topological polar surface area (TPSA) is 67.0 Å². The average molecular weight is 369 g/mol. The quantitative estimate of drug-likeness (QED) is 0.519. The number of rotatable bonds is 2.